The number of hydrogen-bond donors (Lipinski definition) is 0. The van der Waals surface area contributed by atoms with Crippen molar-refractivity contribution in [2.75, 3.05) is 0 Å². The van der Waals surface area contributed by atoms with Crippen LogP contribution in [-0.2, 0) is 9.31 Å². The van der Waals surface area contributed by atoms with Gasteiger partial charge in [-0.1, -0.05) is 78.9 Å². The maximum atomic E-state index is 6.38. The molecule has 9 rings (SSSR count). The summed E-state index contributed by atoms with van der Waals surface area (Å²) < 4.78 is 21.4. The largest absolute Gasteiger partial charge is 0.494 e. The SMILES string of the molecule is CC1(C)OB(c2ccc3oc4cc(-c5nc(-c6ccccc6)nc(-c6cccc7c6sc6ccccc67)n5)ccc4c3c2)OC1(C)C. The lowest BCUT2D eigenvalue weighted by atomic mass is 9.78. The molecule has 0 radical (unpaired) electrons. The highest BCUT2D eigenvalue weighted by Crippen LogP contribution is 2.40. The van der Waals surface area contributed by atoms with E-state index in [1.807, 2.05) is 48.5 Å². The number of hydrogen-bond acceptors (Lipinski definition) is 7. The highest BCUT2D eigenvalue weighted by molar-refractivity contribution is 7.26. The van der Waals surface area contributed by atoms with Gasteiger partial charge < -0.3 is 13.7 Å². The normalized spacial score (nSPS) is 15.8. The monoisotopic (exact) mass is 631 g/mol. The third-order valence-electron chi connectivity index (χ3n) is 9.59. The van der Waals surface area contributed by atoms with Crippen LogP contribution in [0.1, 0.15) is 27.7 Å². The molecule has 1 fully saturated rings. The molecule has 1 aliphatic heterocycles. The molecule has 0 amide bonds. The molecule has 4 heterocycles. The van der Waals surface area contributed by atoms with Crippen molar-refractivity contribution in [1.29, 1.82) is 0 Å². The van der Waals surface area contributed by atoms with E-state index in [2.05, 4.69) is 88.4 Å². The van der Waals surface area contributed by atoms with Crippen LogP contribution in [0.2, 0.25) is 0 Å². The molecule has 3 aromatic heterocycles. The standard InChI is InChI=1S/C39H30BN3O3S/c1-38(2)39(3,4)46-40(45-38)25-18-20-31-30(22-25)26-19-17-24(21-32(26)44-31)36-41-35(23-11-6-5-7-12-23)42-37(43-36)29-15-10-14-28-27-13-8-9-16-33(27)47-34(28)29/h5-22H,1-4H3. The molecule has 0 saturated carbocycles. The molecule has 8 aromatic rings. The van der Waals surface area contributed by atoms with E-state index in [9.17, 15) is 0 Å². The Balaban J connectivity index is 1.18. The van der Waals surface area contributed by atoms with Gasteiger partial charge in [0.2, 0.25) is 0 Å². The second kappa shape index (κ2) is 10.3. The molecule has 0 N–H and O–H groups in total. The average molecular weight is 632 g/mol. The maximum Gasteiger partial charge on any atom is 0.494 e. The molecule has 228 valence electrons. The van der Waals surface area contributed by atoms with Crippen LogP contribution in [0.15, 0.2) is 114 Å². The first-order chi connectivity index (χ1) is 22.7. The fourth-order valence-electron chi connectivity index (χ4n) is 6.32. The van der Waals surface area contributed by atoms with Crippen LogP contribution in [0, 0.1) is 0 Å². The summed E-state index contributed by atoms with van der Waals surface area (Å²) in [5.74, 6) is 1.86. The van der Waals surface area contributed by atoms with Crippen molar-refractivity contribution in [3.05, 3.63) is 109 Å². The summed E-state index contributed by atoms with van der Waals surface area (Å²) in [5, 5.41) is 4.46. The Labute approximate surface area is 276 Å². The average Bonchev–Trinajstić information content (AvgIpc) is 3.72. The molecule has 8 heteroatoms. The lowest BCUT2D eigenvalue weighted by molar-refractivity contribution is 0.00578. The number of thiophene rings is 1. The van der Waals surface area contributed by atoms with Crippen molar-refractivity contribution in [3.8, 4) is 34.2 Å². The molecule has 1 aliphatic rings. The summed E-state index contributed by atoms with van der Waals surface area (Å²) in [4.78, 5) is 15.1. The van der Waals surface area contributed by atoms with Crippen molar-refractivity contribution >= 4 is 66.0 Å². The van der Waals surface area contributed by atoms with Gasteiger partial charge in [-0.25, -0.2) is 15.0 Å². The third-order valence-corrected chi connectivity index (χ3v) is 10.8. The molecular weight excluding hydrogens is 601 g/mol. The maximum absolute atomic E-state index is 6.38. The predicted molar refractivity (Wildman–Crippen MR) is 192 cm³/mol. The van der Waals surface area contributed by atoms with E-state index in [-0.39, 0.29) is 0 Å². The first kappa shape index (κ1) is 28.3. The molecule has 47 heavy (non-hydrogen) atoms. The number of benzene rings is 5. The van der Waals surface area contributed by atoms with Crippen LogP contribution in [0.3, 0.4) is 0 Å². The van der Waals surface area contributed by atoms with Crippen LogP contribution >= 0.6 is 11.3 Å². The fourth-order valence-corrected chi connectivity index (χ4v) is 7.54. The molecular formula is C39H30BN3O3S. The Kier molecular flexibility index (Phi) is 6.22. The van der Waals surface area contributed by atoms with Gasteiger partial charge in [0.15, 0.2) is 17.5 Å². The number of rotatable bonds is 4. The first-order valence-electron chi connectivity index (χ1n) is 15.8. The molecule has 6 nitrogen and oxygen atoms in total. The van der Waals surface area contributed by atoms with Crippen LogP contribution in [0.4, 0.5) is 0 Å². The van der Waals surface area contributed by atoms with Gasteiger partial charge in [-0.3, -0.25) is 0 Å². The van der Waals surface area contributed by atoms with Crippen molar-refractivity contribution < 1.29 is 13.7 Å². The van der Waals surface area contributed by atoms with Gasteiger partial charge >= 0.3 is 7.12 Å². The van der Waals surface area contributed by atoms with Crippen molar-refractivity contribution in [1.82, 2.24) is 15.0 Å². The highest BCUT2D eigenvalue weighted by Gasteiger charge is 2.51. The number of fused-ring (bicyclic) bond motifs is 6. The number of furan rings is 1. The van der Waals surface area contributed by atoms with Gasteiger partial charge in [-0.15, -0.1) is 11.3 Å². The van der Waals surface area contributed by atoms with Crippen molar-refractivity contribution in [2.24, 2.45) is 0 Å². The first-order valence-corrected chi connectivity index (χ1v) is 16.6. The molecule has 0 unspecified atom stereocenters. The van der Waals surface area contributed by atoms with Crippen LogP contribution in [0.25, 0.3) is 76.3 Å². The van der Waals surface area contributed by atoms with E-state index in [4.69, 9.17) is 28.7 Å². The molecule has 5 aromatic carbocycles. The topological polar surface area (TPSA) is 70.3 Å². The van der Waals surface area contributed by atoms with Gasteiger partial charge in [-0.2, -0.15) is 0 Å². The minimum atomic E-state index is -0.445. The summed E-state index contributed by atoms with van der Waals surface area (Å²) in [6.45, 7) is 8.27. The summed E-state index contributed by atoms with van der Waals surface area (Å²) in [6.07, 6.45) is 0. The highest BCUT2D eigenvalue weighted by atomic mass is 32.1. The summed E-state index contributed by atoms with van der Waals surface area (Å²) >= 11 is 1.77. The molecule has 0 bridgehead atoms. The van der Waals surface area contributed by atoms with Crippen LogP contribution < -0.4 is 5.46 Å². The van der Waals surface area contributed by atoms with E-state index < -0.39 is 18.3 Å². The smallest absolute Gasteiger partial charge is 0.456 e. The molecule has 0 aliphatic carbocycles. The minimum Gasteiger partial charge on any atom is -0.456 e. The Morgan fingerprint density at radius 1 is 0.553 bits per heavy atom. The Hall–Kier alpha value is -4.89. The number of nitrogens with zero attached hydrogens (tertiary/aromatic N) is 3. The Bertz CT molecular complexity index is 2490. The van der Waals surface area contributed by atoms with Gasteiger partial charge in [0.25, 0.3) is 0 Å². The Morgan fingerprint density at radius 2 is 1.26 bits per heavy atom. The molecule has 0 atom stereocenters. The summed E-state index contributed by atoms with van der Waals surface area (Å²) in [5.41, 5.74) is 4.48. The number of aromatic nitrogens is 3. The van der Waals surface area contributed by atoms with E-state index >= 15 is 0 Å². The van der Waals surface area contributed by atoms with Crippen LogP contribution in [0.5, 0.6) is 0 Å². The van der Waals surface area contributed by atoms with E-state index in [0.717, 1.165) is 48.8 Å². The van der Waals surface area contributed by atoms with Gasteiger partial charge in [0.1, 0.15) is 11.2 Å². The van der Waals surface area contributed by atoms with E-state index in [0.29, 0.717) is 17.5 Å². The zero-order valence-electron chi connectivity index (χ0n) is 26.4. The summed E-state index contributed by atoms with van der Waals surface area (Å²) in [7, 11) is -0.445. The second-order valence-electron chi connectivity index (χ2n) is 13.1. The summed E-state index contributed by atoms with van der Waals surface area (Å²) in [6, 6.07) is 37.2. The van der Waals surface area contributed by atoms with E-state index in [1.54, 1.807) is 11.3 Å². The second-order valence-corrected chi connectivity index (χ2v) is 14.2. The quantitative estimate of drug-likeness (QED) is 0.180. The van der Waals surface area contributed by atoms with Gasteiger partial charge in [0, 0.05) is 47.6 Å². The molecule has 0 spiro atoms. The Morgan fingerprint density at radius 3 is 2.06 bits per heavy atom. The molecule has 1 saturated heterocycles. The minimum absolute atomic E-state index is 0.412. The predicted octanol–water partition coefficient (Wildman–Crippen LogP) is 9.44. The lowest BCUT2D eigenvalue weighted by Gasteiger charge is -2.32. The van der Waals surface area contributed by atoms with Crippen molar-refractivity contribution in [2.45, 2.75) is 38.9 Å². The van der Waals surface area contributed by atoms with Gasteiger partial charge in [0.05, 0.1) is 11.2 Å². The fraction of sp³-hybridized carbons (Fsp3) is 0.154. The zero-order chi connectivity index (χ0) is 31.9. The third kappa shape index (κ3) is 4.59. The van der Waals surface area contributed by atoms with Gasteiger partial charge in [-0.05, 0) is 63.5 Å². The van der Waals surface area contributed by atoms with Crippen molar-refractivity contribution in [3.63, 3.8) is 0 Å². The zero-order valence-corrected chi connectivity index (χ0v) is 27.3. The lowest BCUT2D eigenvalue weighted by Crippen LogP contribution is -2.41. The van der Waals surface area contributed by atoms with Crippen LogP contribution in [-0.4, -0.2) is 33.3 Å². The van der Waals surface area contributed by atoms with E-state index in [1.165, 1.54) is 15.5 Å².